The van der Waals surface area contributed by atoms with Gasteiger partial charge >= 0.3 is 0 Å². The van der Waals surface area contributed by atoms with Gasteiger partial charge in [0, 0.05) is 12.6 Å². The van der Waals surface area contributed by atoms with Crippen LogP contribution in [-0.4, -0.2) is 43.4 Å². The molecule has 0 bridgehead atoms. The van der Waals surface area contributed by atoms with E-state index in [1.165, 1.54) is 0 Å². The Bertz CT molecular complexity index is 235. The number of hydrogen-bond acceptors (Lipinski definition) is 4. The van der Waals surface area contributed by atoms with Gasteiger partial charge in [0.25, 0.3) is 0 Å². The largest absolute Gasteiger partial charge is 0.394 e. The number of aliphatic hydroxyl groups is 1. The number of carbonyl (C=O) groups excluding carboxylic acids is 1. The van der Waals surface area contributed by atoms with Crippen LogP contribution in [0.25, 0.3) is 0 Å². The summed E-state index contributed by atoms with van der Waals surface area (Å²) in [5.74, 6) is 0.0186. The average Bonchev–Trinajstić information content (AvgIpc) is 2.60. The molecule has 5 nitrogen and oxygen atoms in total. The maximum atomic E-state index is 11.9. The van der Waals surface area contributed by atoms with Crippen LogP contribution < -0.4 is 11.1 Å². The molecule has 1 fully saturated rings. The summed E-state index contributed by atoms with van der Waals surface area (Å²) in [6.45, 7) is 3.15. The smallest absolute Gasteiger partial charge is 0.227 e. The standard InChI is InChI=1S/C11H22N2O3/c1-11(4-2-3-9(11)12)10(15)13-5-7-16-8-6-14/h9,14H,2-8,12H2,1H3,(H,13,15). The molecule has 0 aromatic rings. The van der Waals surface area contributed by atoms with E-state index >= 15 is 0 Å². The van der Waals surface area contributed by atoms with E-state index in [1.807, 2.05) is 6.92 Å². The normalized spacial score (nSPS) is 29.3. The molecule has 94 valence electrons. The van der Waals surface area contributed by atoms with Gasteiger partial charge in [-0.3, -0.25) is 4.79 Å². The van der Waals surface area contributed by atoms with Gasteiger partial charge in [-0.2, -0.15) is 0 Å². The SMILES string of the molecule is CC1(C(=O)NCCOCCO)CCCC1N. The van der Waals surface area contributed by atoms with Crippen LogP contribution in [0.4, 0.5) is 0 Å². The van der Waals surface area contributed by atoms with E-state index in [4.69, 9.17) is 15.6 Å². The fourth-order valence-electron chi connectivity index (χ4n) is 2.08. The molecular weight excluding hydrogens is 208 g/mol. The number of hydrogen-bond donors (Lipinski definition) is 3. The number of ether oxygens (including phenoxy) is 1. The van der Waals surface area contributed by atoms with Crippen molar-refractivity contribution in [2.45, 2.75) is 32.2 Å². The van der Waals surface area contributed by atoms with Crippen LogP contribution in [0.2, 0.25) is 0 Å². The fourth-order valence-corrected chi connectivity index (χ4v) is 2.08. The lowest BCUT2D eigenvalue weighted by Crippen LogP contribution is -2.48. The Morgan fingerprint density at radius 1 is 1.62 bits per heavy atom. The highest BCUT2D eigenvalue weighted by atomic mass is 16.5. The van der Waals surface area contributed by atoms with Crippen LogP contribution in [0.3, 0.4) is 0 Å². The molecule has 0 aliphatic heterocycles. The molecule has 0 aromatic carbocycles. The maximum Gasteiger partial charge on any atom is 0.227 e. The molecule has 4 N–H and O–H groups in total. The predicted molar refractivity (Wildman–Crippen MR) is 60.8 cm³/mol. The highest BCUT2D eigenvalue weighted by Crippen LogP contribution is 2.36. The van der Waals surface area contributed by atoms with E-state index < -0.39 is 5.41 Å². The number of rotatable bonds is 6. The summed E-state index contributed by atoms with van der Waals surface area (Å²) in [6.07, 6.45) is 2.80. The van der Waals surface area contributed by atoms with Crippen molar-refractivity contribution < 1.29 is 14.6 Å². The zero-order valence-corrected chi connectivity index (χ0v) is 9.87. The van der Waals surface area contributed by atoms with Crippen molar-refractivity contribution in [2.75, 3.05) is 26.4 Å². The molecular formula is C11H22N2O3. The molecule has 0 saturated heterocycles. The molecule has 1 aliphatic rings. The lowest BCUT2D eigenvalue weighted by molar-refractivity contribution is -0.130. The molecule has 1 amide bonds. The van der Waals surface area contributed by atoms with Gasteiger partial charge in [-0.25, -0.2) is 0 Å². The first kappa shape index (κ1) is 13.4. The minimum Gasteiger partial charge on any atom is -0.394 e. The molecule has 5 heteroatoms. The molecule has 0 heterocycles. The average molecular weight is 230 g/mol. The molecule has 1 rings (SSSR count). The summed E-state index contributed by atoms with van der Waals surface area (Å²) < 4.78 is 5.06. The minimum atomic E-state index is -0.420. The molecule has 0 radical (unpaired) electrons. The third-order valence-electron chi connectivity index (χ3n) is 3.32. The first-order valence-electron chi connectivity index (χ1n) is 5.84. The molecule has 1 saturated carbocycles. The van der Waals surface area contributed by atoms with Gasteiger partial charge in [0.1, 0.15) is 0 Å². The number of nitrogens with two attached hydrogens (primary N) is 1. The number of carbonyl (C=O) groups is 1. The summed E-state index contributed by atoms with van der Waals surface area (Å²) in [5, 5.41) is 11.3. The second-order valence-corrected chi connectivity index (χ2v) is 4.51. The van der Waals surface area contributed by atoms with Gasteiger partial charge in [-0.15, -0.1) is 0 Å². The van der Waals surface area contributed by atoms with E-state index in [-0.39, 0.29) is 18.6 Å². The Labute approximate surface area is 96.3 Å². The van der Waals surface area contributed by atoms with E-state index in [9.17, 15) is 4.79 Å². The summed E-state index contributed by atoms with van der Waals surface area (Å²) in [7, 11) is 0. The highest BCUT2D eigenvalue weighted by Gasteiger charge is 2.42. The summed E-state index contributed by atoms with van der Waals surface area (Å²) >= 11 is 0. The Balaban J connectivity index is 2.24. The van der Waals surface area contributed by atoms with Crippen LogP contribution in [0.5, 0.6) is 0 Å². The van der Waals surface area contributed by atoms with Crippen molar-refractivity contribution in [3.05, 3.63) is 0 Å². The molecule has 1 aliphatic carbocycles. The molecule has 2 atom stereocenters. The molecule has 0 spiro atoms. The highest BCUT2D eigenvalue weighted by molar-refractivity contribution is 5.83. The van der Waals surface area contributed by atoms with Crippen LogP contribution in [-0.2, 0) is 9.53 Å². The second kappa shape index (κ2) is 6.18. The molecule has 0 aromatic heterocycles. The van der Waals surface area contributed by atoms with Gasteiger partial charge in [-0.05, 0) is 19.8 Å². The van der Waals surface area contributed by atoms with E-state index in [1.54, 1.807) is 0 Å². The fraction of sp³-hybridized carbons (Fsp3) is 0.909. The van der Waals surface area contributed by atoms with E-state index in [0.717, 1.165) is 19.3 Å². The maximum absolute atomic E-state index is 11.9. The Morgan fingerprint density at radius 2 is 2.38 bits per heavy atom. The minimum absolute atomic E-state index is 0.0105. The Kier molecular flexibility index (Phi) is 5.18. The lowest BCUT2D eigenvalue weighted by atomic mass is 9.84. The first-order valence-corrected chi connectivity index (χ1v) is 5.84. The van der Waals surface area contributed by atoms with Crippen LogP contribution >= 0.6 is 0 Å². The van der Waals surface area contributed by atoms with Gasteiger partial charge < -0.3 is 20.9 Å². The Hall–Kier alpha value is -0.650. The van der Waals surface area contributed by atoms with Crippen LogP contribution in [0.15, 0.2) is 0 Å². The number of nitrogens with one attached hydrogen (secondary N) is 1. The van der Waals surface area contributed by atoms with Crippen molar-refractivity contribution in [3.63, 3.8) is 0 Å². The van der Waals surface area contributed by atoms with Gasteiger partial charge in [0.15, 0.2) is 0 Å². The van der Waals surface area contributed by atoms with Gasteiger partial charge in [0.2, 0.25) is 5.91 Å². The van der Waals surface area contributed by atoms with Crippen molar-refractivity contribution >= 4 is 5.91 Å². The zero-order valence-electron chi connectivity index (χ0n) is 9.87. The summed E-state index contributed by atoms with van der Waals surface area (Å²) in [5.41, 5.74) is 5.52. The second-order valence-electron chi connectivity index (χ2n) is 4.51. The quantitative estimate of drug-likeness (QED) is 0.543. The van der Waals surface area contributed by atoms with Crippen molar-refractivity contribution in [3.8, 4) is 0 Å². The third kappa shape index (κ3) is 3.17. The van der Waals surface area contributed by atoms with Crippen LogP contribution in [0, 0.1) is 5.41 Å². The lowest BCUT2D eigenvalue weighted by Gasteiger charge is -2.27. The first-order chi connectivity index (χ1) is 7.61. The van der Waals surface area contributed by atoms with E-state index in [2.05, 4.69) is 5.32 Å². The predicted octanol–water partition coefficient (Wildman–Crippen LogP) is -0.371. The van der Waals surface area contributed by atoms with Crippen molar-refractivity contribution in [1.82, 2.24) is 5.32 Å². The van der Waals surface area contributed by atoms with Crippen LogP contribution in [0.1, 0.15) is 26.2 Å². The molecule has 2 unspecified atom stereocenters. The molecule has 16 heavy (non-hydrogen) atoms. The van der Waals surface area contributed by atoms with Gasteiger partial charge in [0.05, 0.1) is 25.2 Å². The number of amides is 1. The topological polar surface area (TPSA) is 84.6 Å². The van der Waals surface area contributed by atoms with Gasteiger partial charge in [-0.1, -0.05) is 6.42 Å². The zero-order chi connectivity index (χ0) is 12.0. The van der Waals surface area contributed by atoms with Crippen molar-refractivity contribution in [2.24, 2.45) is 11.1 Å². The number of aliphatic hydroxyl groups excluding tert-OH is 1. The third-order valence-corrected chi connectivity index (χ3v) is 3.32. The Morgan fingerprint density at radius 3 is 2.94 bits per heavy atom. The van der Waals surface area contributed by atoms with E-state index in [0.29, 0.717) is 19.8 Å². The van der Waals surface area contributed by atoms with Crippen molar-refractivity contribution in [1.29, 1.82) is 0 Å². The summed E-state index contributed by atoms with van der Waals surface area (Å²) in [6, 6.07) is -0.0362. The monoisotopic (exact) mass is 230 g/mol. The summed E-state index contributed by atoms with van der Waals surface area (Å²) in [4.78, 5) is 11.9.